The number of benzene rings is 1. The number of aromatic nitrogens is 3. The van der Waals surface area contributed by atoms with Crippen molar-refractivity contribution in [1.82, 2.24) is 14.3 Å². The number of hydrogen-bond donors (Lipinski definition) is 0. The van der Waals surface area contributed by atoms with E-state index in [4.69, 9.17) is 4.42 Å². The predicted molar refractivity (Wildman–Crippen MR) is 84.9 cm³/mol. The molecule has 0 amide bonds. The maximum Gasteiger partial charge on any atom is 0.420 e. The smallest absolute Gasteiger partial charge is 0.408 e. The van der Waals surface area contributed by atoms with Crippen LogP contribution in [0.4, 0.5) is 0 Å². The van der Waals surface area contributed by atoms with Crippen molar-refractivity contribution in [2.24, 2.45) is 7.05 Å². The minimum Gasteiger partial charge on any atom is -0.408 e. The van der Waals surface area contributed by atoms with E-state index in [1.165, 1.54) is 0 Å². The third kappa shape index (κ3) is 2.28. The van der Waals surface area contributed by atoms with Crippen LogP contribution in [0.5, 0.6) is 0 Å². The molecule has 0 bridgehead atoms. The van der Waals surface area contributed by atoms with E-state index in [9.17, 15) is 4.79 Å². The van der Waals surface area contributed by atoms with E-state index in [-0.39, 0.29) is 5.76 Å². The number of nitrogens with zero attached hydrogens (tertiary/aromatic N) is 3. The number of rotatable bonds is 3. The molecule has 5 nitrogen and oxygen atoms in total. The zero-order valence-electron chi connectivity index (χ0n) is 11.3. The minimum absolute atomic E-state index is 0.332. The number of halogens is 1. The molecule has 3 rings (SSSR count). The molecule has 0 unspecified atom stereocenters. The van der Waals surface area contributed by atoms with E-state index in [1.807, 2.05) is 36.0 Å². The van der Waals surface area contributed by atoms with Crippen LogP contribution in [0.15, 0.2) is 33.5 Å². The molecule has 0 aliphatic rings. The second-order valence-electron chi connectivity index (χ2n) is 4.67. The zero-order valence-corrected chi connectivity index (χ0v) is 13.4. The molecule has 0 fully saturated rings. The van der Waals surface area contributed by atoms with Gasteiger partial charge in [0.25, 0.3) is 0 Å². The zero-order chi connectivity index (χ0) is 14.3. The molecule has 0 saturated carbocycles. The molecule has 1 aromatic carbocycles. The van der Waals surface area contributed by atoms with Crippen LogP contribution in [0.1, 0.15) is 18.3 Å². The van der Waals surface area contributed by atoms with Crippen LogP contribution in [0, 0.1) is 3.57 Å². The molecule has 2 heterocycles. The largest absolute Gasteiger partial charge is 0.420 e. The van der Waals surface area contributed by atoms with Crippen molar-refractivity contribution in [2.75, 3.05) is 0 Å². The molecule has 0 atom stereocenters. The molecule has 0 saturated heterocycles. The first kappa shape index (κ1) is 13.4. The Balaban J connectivity index is 2.10. The van der Waals surface area contributed by atoms with Gasteiger partial charge in [0.2, 0.25) is 0 Å². The molecule has 20 heavy (non-hydrogen) atoms. The van der Waals surface area contributed by atoms with E-state index >= 15 is 0 Å². The molecule has 0 aliphatic carbocycles. The molecule has 2 aromatic heterocycles. The van der Waals surface area contributed by atoms with E-state index in [1.54, 1.807) is 4.57 Å². The predicted octanol–water partition coefficient (Wildman–Crippen LogP) is 2.54. The summed E-state index contributed by atoms with van der Waals surface area (Å²) in [6.45, 7) is 2.53. The van der Waals surface area contributed by atoms with Gasteiger partial charge in [-0.15, -0.1) is 0 Å². The van der Waals surface area contributed by atoms with Crippen molar-refractivity contribution in [3.05, 3.63) is 49.8 Å². The van der Waals surface area contributed by atoms with Crippen LogP contribution < -0.4 is 5.76 Å². The highest BCUT2D eigenvalue weighted by Gasteiger charge is 2.12. The van der Waals surface area contributed by atoms with Gasteiger partial charge in [0.1, 0.15) is 0 Å². The highest BCUT2D eigenvalue weighted by molar-refractivity contribution is 14.1. The monoisotopic (exact) mass is 383 g/mol. The van der Waals surface area contributed by atoms with Gasteiger partial charge in [0.05, 0.1) is 23.4 Å². The highest BCUT2D eigenvalue weighted by Crippen LogP contribution is 2.17. The Bertz CT molecular complexity index is 829. The lowest BCUT2D eigenvalue weighted by Crippen LogP contribution is -2.16. The Labute approximate surface area is 129 Å². The first-order valence-corrected chi connectivity index (χ1v) is 7.47. The fourth-order valence-electron chi connectivity index (χ4n) is 2.24. The fraction of sp³-hybridized carbons (Fsp3) is 0.286. The molecule has 0 radical (unpaired) electrons. The molecule has 3 aromatic rings. The maximum atomic E-state index is 12.0. The van der Waals surface area contributed by atoms with Crippen LogP contribution in [-0.4, -0.2) is 14.3 Å². The van der Waals surface area contributed by atoms with Crippen LogP contribution >= 0.6 is 22.6 Å². The van der Waals surface area contributed by atoms with Gasteiger partial charge in [-0.3, -0.25) is 9.25 Å². The summed E-state index contributed by atoms with van der Waals surface area (Å²) in [6, 6.07) is 7.74. The molecule has 6 heteroatoms. The van der Waals surface area contributed by atoms with Crippen LogP contribution in [0.3, 0.4) is 0 Å². The van der Waals surface area contributed by atoms with E-state index in [0.717, 1.165) is 26.9 Å². The van der Waals surface area contributed by atoms with Gasteiger partial charge in [0, 0.05) is 10.6 Å². The number of aryl methyl sites for hydroxylation is 2. The standard InChI is InChI=1S/C14H14IN3O2/c1-3-10-7-11(17(2)16-10)8-18-12-6-9(15)4-5-13(12)20-14(18)19/h4-7H,3,8H2,1-2H3. The van der Waals surface area contributed by atoms with Crippen LogP contribution in [-0.2, 0) is 20.0 Å². The normalized spacial score (nSPS) is 11.3. The van der Waals surface area contributed by atoms with Crippen molar-refractivity contribution < 1.29 is 4.42 Å². The molecular weight excluding hydrogens is 369 g/mol. The number of hydrogen-bond acceptors (Lipinski definition) is 3. The summed E-state index contributed by atoms with van der Waals surface area (Å²) in [7, 11) is 1.89. The quantitative estimate of drug-likeness (QED) is 0.654. The lowest BCUT2D eigenvalue weighted by molar-refractivity contribution is 0.511. The van der Waals surface area contributed by atoms with E-state index < -0.39 is 0 Å². The van der Waals surface area contributed by atoms with E-state index in [0.29, 0.717) is 12.1 Å². The molecule has 0 spiro atoms. The lowest BCUT2D eigenvalue weighted by Gasteiger charge is -2.03. The fourth-order valence-corrected chi connectivity index (χ4v) is 2.71. The highest BCUT2D eigenvalue weighted by atomic mass is 127. The second-order valence-corrected chi connectivity index (χ2v) is 5.92. The average Bonchev–Trinajstić information content (AvgIpc) is 2.92. The Hall–Kier alpha value is -1.57. The summed E-state index contributed by atoms with van der Waals surface area (Å²) < 4.78 is 9.81. The van der Waals surface area contributed by atoms with Crippen LogP contribution in [0.25, 0.3) is 11.1 Å². The summed E-state index contributed by atoms with van der Waals surface area (Å²) >= 11 is 2.23. The molecule has 0 N–H and O–H groups in total. The summed E-state index contributed by atoms with van der Waals surface area (Å²) in [4.78, 5) is 12.0. The first-order chi connectivity index (χ1) is 9.58. The third-order valence-corrected chi connectivity index (χ3v) is 4.01. The Morgan fingerprint density at radius 3 is 2.85 bits per heavy atom. The van der Waals surface area contributed by atoms with Crippen molar-refractivity contribution in [3.8, 4) is 0 Å². The van der Waals surface area contributed by atoms with Gasteiger partial charge in [0.15, 0.2) is 5.58 Å². The Morgan fingerprint density at radius 2 is 2.15 bits per heavy atom. The summed E-state index contributed by atoms with van der Waals surface area (Å²) in [5.74, 6) is -0.332. The topological polar surface area (TPSA) is 53.0 Å². The summed E-state index contributed by atoms with van der Waals surface area (Å²) in [5, 5.41) is 4.41. The second kappa shape index (κ2) is 5.08. The Morgan fingerprint density at radius 1 is 1.35 bits per heavy atom. The van der Waals surface area contributed by atoms with Crippen molar-refractivity contribution in [3.63, 3.8) is 0 Å². The molecule has 0 aliphatic heterocycles. The van der Waals surface area contributed by atoms with Gasteiger partial charge in [-0.1, -0.05) is 6.92 Å². The molecular formula is C14H14IN3O2. The van der Waals surface area contributed by atoms with Crippen LogP contribution in [0.2, 0.25) is 0 Å². The summed E-state index contributed by atoms with van der Waals surface area (Å²) in [6.07, 6.45) is 0.882. The third-order valence-electron chi connectivity index (χ3n) is 3.34. The van der Waals surface area contributed by atoms with Gasteiger partial charge in [-0.25, -0.2) is 4.79 Å². The lowest BCUT2D eigenvalue weighted by atomic mass is 10.3. The maximum absolute atomic E-state index is 12.0. The number of oxazole rings is 1. The van der Waals surface area contributed by atoms with Gasteiger partial charge < -0.3 is 4.42 Å². The van der Waals surface area contributed by atoms with Gasteiger partial charge in [-0.2, -0.15) is 5.10 Å². The molecule has 104 valence electrons. The average molecular weight is 383 g/mol. The summed E-state index contributed by atoms with van der Waals surface area (Å²) in [5.41, 5.74) is 3.46. The number of fused-ring (bicyclic) bond motifs is 1. The first-order valence-electron chi connectivity index (χ1n) is 6.39. The van der Waals surface area contributed by atoms with Gasteiger partial charge in [-0.05, 0) is 53.3 Å². The van der Waals surface area contributed by atoms with Crippen molar-refractivity contribution in [1.29, 1.82) is 0 Å². The minimum atomic E-state index is -0.332. The van der Waals surface area contributed by atoms with Crippen molar-refractivity contribution >= 4 is 33.7 Å². The van der Waals surface area contributed by atoms with Crippen molar-refractivity contribution in [2.45, 2.75) is 19.9 Å². The Kier molecular flexibility index (Phi) is 3.41. The SMILES string of the molecule is CCc1cc(Cn2c(=O)oc3ccc(I)cc32)n(C)n1. The van der Waals surface area contributed by atoms with E-state index in [2.05, 4.69) is 34.6 Å². The van der Waals surface area contributed by atoms with Gasteiger partial charge >= 0.3 is 5.76 Å².